The van der Waals surface area contributed by atoms with Crippen molar-refractivity contribution in [2.75, 3.05) is 26.5 Å². The van der Waals surface area contributed by atoms with Crippen LogP contribution in [0.1, 0.15) is 17.7 Å². The van der Waals surface area contributed by atoms with Crippen LogP contribution in [0.15, 0.2) is 47.1 Å². The minimum absolute atomic E-state index is 0.0830. The molecule has 0 saturated heterocycles. The Hall–Kier alpha value is -2.32. The molecule has 1 N–H and O–H groups in total. The van der Waals surface area contributed by atoms with Gasteiger partial charge in [-0.15, -0.1) is 0 Å². The third-order valence-electron chi connectivity index (χ3n) is 3.92. The number of carbonyl (C=O) groups is 1. The summed E-state index contributed by atoms with van der Waals surface area (Å²) in [5.41, 5.74) is 0.922. The van der Waals surface area contributed by atoms with Gasteiger partial charge in [0.2, 0.25) is 15.9 Å². The molecule has 8 heteroatoms. The quantitative estimate of drug-likeness (QED) is 0.679. The van der Waals surface area contributed by atoms with E-state index in [2.05, 4.69) is 5.32 Å². The highest BCUT2D eigenvalue weighted by Gasteiger charge is 2.18. The number of para-hydroxylation sites is 1. The highest BCUT2D eigenvalue weighted by Crippen LogP contribution is 2.18. The van der Waals surface area contributed by atoms with Crippen LogP contribution in [0.3, 0.4) is 0 Å². The van der Waals surface area contributed by atoms with Crippen molar-refractivity contribution in [1.29, 1.82) is 0 Å². The van der Waals surface area contributed by atoms with Crippen molar-refractivity contribution >= 4 is 15.9 Å². The fourth-order valence-electron chi connectivity index (χ4n) is 2.51. The van der Waals surface area contributed by atoms with E-state index in [1.807, 2.05) is 24.3 Å². The standard InChI is InChI=1S/C18H24N2O5S/c1-24-17-8-4-3-6-15(17)9-11-20(26(2,22)23)12-10-18(21)19-14-16-7-5-13-25-16/h3-8,13H,9-12,14H2,1-2H3,(H,19,21). The summed E-state index contributed by atoms with van der Waals surface area (Å²) in [6.07, 6.45) is 3.27. The van der Waals surface area contributed by atoms with E-state index in [4.69, 9.17) is 9.15 Å². The van der Waals surface area contributed by atoms with E-state index < -0.39 is 10.0 Å². The Balaban J connectivity index is 1.88. The van der Waals surface area contributed by atoms with E-state index in [1.54, 1.807) is 19.2 Å². The molecule has 0 aliphatic rings. The van der Waals surface area contributed by atoms with Crippen molar-refractivity contribution in [3.63, 3.8) is 0 Å². The molecule has 0 unspecified atom stereocenters. The van der Waals surface area contributed by atoms with E-state index in [0.29, 0.717) is 12.2 Å². The third kappa shape index (κ3) is 6.20. The third-order valence-corrected chi connectivity index (χ3v) is 5.22. The van der Waals surface area contributed by atoms with E-state index in [0.717, 1.165) is 17.6 Å². The summed E-state index contributed by atoms with van der Waals surface area (Å²) < 4.78 is 35.8. The van der Waals surface area contributed by atoms with Crippen LogP contribution < -0.4 is 10.1 Å². The predicted molar refractivity (Wildman–Crippen MR) is 98.3 cm³/mol. The molecule has 7 nitrogen and oxygen atoms in total. The lowest BCUT2D eigenvalue weighted by molar-refractivity contribution is -0.121. The van der Waals surface area contributed by atoms with Crippen molar-refractivity contribution in [1.82, 2.24) is 9.62 Å². The van der Waals surface area contributed by atoms with Gasteiger partial charge in [-0.25, -0.2) is 12.7 Å². The second-order valence-corrected chi connectivity index (χ2v) is 7.81. The number of carbonyl (C=O) groups excluding carboxylic acids is 1. The van der Waals surface area contributed by atoms with E-state index in [1.165, 1.54) is 10.6 Å². The fraction of sp³-hybridized carbons (Fsp3) is 0.389. The van der Waals surface area contributed by atoms with Gasteiger partial charge in [-0.05, 0) is 30.2 Å². The lowest BCUT2D eigenvalue weighted by Gasteiger charge is -2.20. The van der Waals surface area contributed by atoms with Gasteiger partial charge in [0.05, 0.1) is 26.2 Å². The molecule has 0 atom stereocenters. The maximum absolute atomic E-state index is 12.0. The first kappa shape index (κ1) is 20.0. The minimum atomic E-state index is -3.41. The van der Waals surface area contributed by atoms with Gasteiger partial charge in [0.15, 0.2) is 0 Å². The van der Waals surface area contributed by atoms with Crippen LogP contribution >= 0.6 is 0 Å². The molecule has 1 aromatic carbocycles. The summed E-state index contributed by atoms with van der Waals surface area (Å²) in [4.78, 5) is 12.0. The molecule has 0 radical (unpaired) electrons. The molecule has 0 spiro atoms. The first-order chi connectivity index (χ1) is 12.4. The summed E-state index contributed by atoms with van der Waals surface area (Å²) in [5, 5.41) is 2.71. The average Bonchev–Trinajstić information content (AvgIpc) is 3.12. The van der Waals surface area contributed by atoms with Gasteiger partial charge in [0, 0.05) is 19.5 Å². The maximum atomic E-state index is 12.0. The van der Waals surface area contributed by atoms with Crippen LogP contribution in [0.2, 0.25) is 0 Å². The van der Waals surface area contributed by atoms with Crippen molar-refractivity contribution in [3.05, 3.63) is 54.0 Å². The van der Waals surface area contributed by atoms with E-state index >= 15 is 0 Å². The number of sulfonamides is 1. The predicted octanol–water partition coefficient (Wildman–Crippen LogP) is 1.80. The van der Waals surface area contributed by atoms with Gasteiger partial charge in [0.25, 0.3) is 0 Å². The number of hydrogen-bond donors (Lipinski definition) is 1. The summed E-state index contributed by atoms with van der Waals surface area (Å²) in [7, 11) is -1.83. The van der Waals surface area contributed by atoms with Crippen LogP contribution in [0.4, 0.5) is 0 Å². The molecule has 2 aromatic rings. The van der Waals surface area contributed by atoms with Gasteiger partial charge in [-0.1, -0.05) is 18.2 Å². The number of benzene rings is 1. The molecule has 0 bridgehead atoms. The molecule has 0 aliphatic heterocycles. The zero-order chi connectivity index (χ0) is 19.0. The number of rotatable bonds is 10. The smallest absolute Gasteiger partial charge is 0.221 e. The van der Waals surface area contributed by atoms with Gasteiger partial charge in [-0.2, -0.15) is 0 Å². The number of methoxy groups -OCH3 is 1. The molecular formula is C18H24N2O5S. The second-order valence-electron chi connectivity index (χ2n) is 5.83. The van der Waals surface area contributed by atoms with E-state index in [9.17, 15) is 13.2 Å². The highest BCUT2D eigenvalue weighted by molar-refractivity contribution is 7.88. The number of hydrogen-bond acceptors (Lipinski definition) is 5. The van der Waals surface area contributed by atoms with Gasteiger partial charge in [0.1, 0.15) is 11.5 Å². The fourth-order valence-corrected chi connectivity index (χ4v) is 3.36. The number of furan rings is 1. The molecular weight excluding hydrogens is 356 g/mol. The van der Waals surface area contributed by atoms with Crippen molar-refractivity contribution in [2.45, 2.75) is 19.4 Å². The molecule has 2 rings (SSSR count). The topological polar surface area (TPSA) is 88.8 Å². The molecule has 26 heavy (non-hydrogen) atoms. The van der Waals surface area contributed by atoms with Crippen molar-refractivity contribution in [3.8, 4) is 5.75 Å². The molecule has 0 fully saturated rings. The number of nitrogens with one attached hydrogen (secondary N) is 1. The van der Waals surface area contributed by atoms with Crippen molar-refractivity contribution in [2.24, 2.45) is 0 Å². The van der Waals surface area contributed by atoms with Crippen LogP contribution in [0.25, 0.3) is 0 Å². The zero-order valence-electron chi connectivity index (χ0n) is 15.0. The van der Waals surface area contributed by atoms with Gasteiger partial charge < -0.3 is 14.5 Å². The molecule has 142 valence electrons. The minimum Gasteiger partial charge on any atom is -0.496 e. The Labute approximate surface area is 154 Å². The average molecular weight is 380 g/mol. The van der Waals surface area contributed by atoms with Crippen LogP contribution in [0, 0.1) is 0 Å². The molecule has 0 aliphatic carbocycles. The summed E-state index contributed by atoms with van der Waals surface area (Å²) in [6, 6.07) is 11.0. The number of amides is 1. The lowest BCUT2D eigenvalue weighted by atomic mass is 10.1. The zero-order valence-corrected chi connectivity index (χ0v) is 15.8. The van der Waals surface area contributed by atoms with Crippen LogP contribution in [0.5, 0.6) is 5.75 Å². The Morgan fingerprint density at radius 3 is 2.62 bits per heavy atom. The Kier molecular flexibility index (Phi) is 7.23. The van der Waals surface area contributed by atoms with Crippen LogP contribution in [-0.4, -0.2) is 45.1 Å². The van der Waals surface area contributed by atoms with Crippen molar-refractivity contribution < 1.29 is 22.4 Å². The highest BCUT2D eigenvalue weighted by atomic mass is 32.2. The molecule has 1 heterocycles. The monoisotopic (exact) mass is 380 g/mol. The molecule has 1 aromatic heterocycles. The van der Waals surface area contributed by atoms with Gasteiger partial charge >= 0.3 is 0 Å². The molecule has 0 saturated carbocycles. The second kappa shape index (κ2) is 9.40. The normalized spacial score (nSPS) is 11.5. The first-order valence-electron chi connectivity index (χ1n) is 8.26. The molecule has 1 amide bonds. The van der Waals surface area contributed by atoms with Crippen LogP contribution in [-0.2, 0) is 27.8 Å². The Morgan fingerprint density at radius 2 is 1.96 bits per heavy atom. The number of nitrogens with zero attached hydrogens (tertiary/aromatic N) is 1. The summed E-state index contributed by atoms with van der Waals surface area (Å²) in [6.45, 7) is 0.689. The van der Waals surface area contributed by atoms with Gasteiger partial charge in [-0.3, -0.25) is 4.79 Å². The lowest BCUT2D eigenvalue weighted by Crippen LogP contribution is -2.35. The Bertz CT molecular complexity index is 803. The Morgan fingerprint density at radius 1 is 1.19 bits per heavy atom. The maximum Gasteiger partial charge on any atom is 0.221 e. The first-order valence-corrected chi connectivity index (χ1v) is 10.1. The largest absolute Gasteiger partial charge is 0.496 e. The van der Waals surface area contributed by atoms with E-state index in [-0.39, 0.29) is 32.0 Å². The SMILES string of the molecule is COc1ccccc1CCN(CCC(=O)NCc1ccco1)S(C)(=O)=O. The summed E-state index contributed by atoms with van der Waals surface area (Å²) in [5.74, 6) is 1.14. The summed E-state index contributed by atoms with van der Waals surface area (Å²) >= 11 is 0. The number of ether oxygens (including phenoxy) is 1.